The third kappa shape index (κ3) is 4.81. The molecule has 0 spiro atoms. The van der Waals surface area contributed by atoms with E-state index in [4.69, 9.17) is 5.73 Å². The molecular formula is C14H28N4O5S. The van der Waals surface area contributed by atoms with E-state index in [1.165, 1.54) is 4.90 Å². The summed E-state index contributed by atoms with van der Waals surface area (Å²) in [4.78, 5) is 27.3. The monoisotopic (exact) mass is 364 g/mol. The van der Waals surface area contributed by atoms with E-state index < -0.39 is 34.0 Å². The van der Waals surface area contributed by atoms with E-state index in [0.29, 0.717) is 0 Å². The van der Waals surface area contributed by atoms with Gasteiger partial charge in [0.2, 0.25) is 10.0 Å². The molecule has 2 amide bonds. The zero-order valence-corrected chi connectivity index (χ0v) is 15.6. The fourth-order valence-corrected chi connectivity index (χ4v) is 3.55. The van der Waals surface area contributed by atoms with Crippen LogP contribution < -0.4 is 10.5 Å². The molecule has 140 valence electrons. The van der Waals surface area contributed by atoms with Crippen molar-refractivity contribution in [1.82, 2.24) is 14.5 Å². The van der Waals surface area contributed by atoms with Crippen molar-refractivity contribution < 1.29 is 23.1 Å². The summed E-state index contributed by atoms with van der Waals surface area (Å²) >= 11 is 0. The summed E-state index contributed by atoms with van der Waals surface area (Å²) in [5.41, 5.74) is 6.01. The van der Waals surface area contributed by atoms with Crippen LogP contribution in [-0.4, -0.2) is 78.8 Å². The summed E-state index contributed by atoms with van der Waals surface area (Å²) in [6, 6.07) is -2.06. The van der Waals surface area contributed by atoms with Crippen LogP contribution >= 0.6 is 0 Å². The van der Waals surface area contributed by atoms with Crippen LogP contribution in [0.5, 0.6) is 0 Å². The predicted molar refractivity (Wildman–Crippen MR) is 89.9 cm³/mol. The molecule has 1 heterocycles. The Morgan fingerprint density at radius 3 is 2.17 bits per heavy atom. The van der Waals surface area contributed by atoms with Gasteiger partial charge in [-0.3, -0.25) is 4.79 Å². The molecule has 0 bridgehead atoms. The Labute approximate surface area is 143 Å². The number of nitrogens with one attached hydrogen (secondary N) is 1. The van der Waals surface area contributed by atoms with E-state index in [-0.39, 0.29) is 31.2 Å². The van der Waals surface area contributed by atoms with Gasteiger partial charge in [-0.25, -0.2) is 17.9 Å². The van der Waals surface area contributed by atoms with Crippen molar-refractivity contribution in [3.05, 3.63) is 0 Å². The molecule has 0 aliphatic carbocycles. The number of amides is 2. The maximum absolute atomic E-state index is 12.9. The summed E-state index contributed by atoms with van der Waals surface area (Å²) in [6.45, 7) is 7.32. The first kappa shape index (κ1) is 20.7. The van der Waals surface area contributed by atoms with Crippen LogP contribution in [0, 0.1) is 5.92 Å². The highest BCUT2D eigenvalue weighted by molar-refractivity contribution is 7.88. The number of rotatable bonds is 6. The van der Waals surface area contributed by atoms with E-state index in [2.05, 4.69) is 4.72 Å². The van der Waals surface area contributed by atoms with E-state index in [9.17, 15) is 23.1 Å². The van der Waals surface area contributed by atoms with Gasteiger partial charge in [0.1, 0.15) is 0 Å². The number of urea groups is 1. The van der Waals surface area contributed by atoms with Crippen molar-refractivity contribution in [1.29, 1.82) is 0 Å². The largest absolute Gasteiger partial charge is 0.481 e. The number of carboxylic acids is 1. The van der Waals surface area contributed by atoms with E-state index in [0.717, 1.165) is 6.26 Å². The molecule has 1 aliphatic rings. The topological polar surface area (TPSA) is 133 Å². The number of carbonyl (C=O) groups is 2. The standard InChI is InChI=1S/C14H28N4O5S/c1-8(2)18(9(3)4)14(21)17-7-10(13(19)20)12(15)11(17)6-16-24(5,22)23/h8-12,16H,6-7,15H2,1-5H3,(H,19,20)/t10-,11+,12-/m1/s1. The Morgan fingerprint density at radius 2 is 1.79 bits per heavy atom. The van der Waals surface area contributed by atoms with Gasteiger partial charge >= 0.3 is 12.0 Å². The van der Waals surface area contributed by atoms with Gasteiger partial charge in [0.05, 0.1) is 18.2 Å². The number of sulfonamides is 1. The van der Waals surface area contributed by atoms with Crippen LogP contribution in [0.2, 0.25) is 0 Å². The lowest BCUT2D eigenvalue weighted by atomic mass is 10.00. The molecule has 1 fully saturated rings. The number of aliphatic carboxylic acids is 1. The average molecular weight is 364 g/mol. The van der Waals surface area contributed by atoms with Crippen LogP contribution in [0.25, 0.3) is 0 Å². The fraction of sp³-hybridized carbons (Fsp3) is 0.857. The van der Waals surface area contributed by atoms with Gasteiger partial charge in [-0.05, 0) is 27.7 Å². The third-order valence-electron chi connectivity index (χ3n) is 4.15. The number of hydrogen-bond acceptors (Lipinski definition) is 5. The Bertz CT molecular complexity index is 570. The minimum absolute atomic E-state index is 0.0403. The average Bonchev–Trinajstić information content (AvgIpc) is 2.71. The first-order valence-electron chi connectivity index (χ1n) is 7.88. The Balaban J connectivity index is 3.10. The quantitative estimate of drug-likeness (QED) is 0.581. The van der Waals surface area contributed by atoms with Crippen molar-refractivity contribution in [2.24, 2.45) is 11.7 Å². The highest BCUT2D eigenvalue weighted by Crippen LogP contribution is 2.25. The highest BCUT2D eigenvalue weighted by atomic mass is 32.2. The summed E-state index contributed by atoms with van der Waals surface area (Å²) < 4.78 is 25.0. The van der Waals surface area contributed by atoms with Crippen LogP contribution in [0.3, 0.4) is 0 Å². The predicted octanol–water partition coefficient (Wildman–Crippen LogP) is -0.513. The first-order chi connectivity index (χ1) is 10.9. The van der Waals surface area contributed by atoms with Crippen molar-refractivity contribution in [2.45, 2.75) is 51.9 Å². The molecule has 0 aromatic rings. The SMILES string of the molecule is CC(C)N(C(=O)N1C[C@@H](C(=O)O)[C@@H](N)[C@@H]1CNS(C)(=O)=O)C(C)C. The summed E-state index contributed by atoms with van der Waals surface area (Å²) in [6.07, 6.45) is 1.00. The van der Waals surface area contributed by atoms with Crippen molar-refractivity contribution in [3.63, 3.8) is 0 Å². The first-order valence-corrected chi connectivity index (χ1v) is 9.78. The third-order valence-corrected chi connectivity index (χ3v) is 4.84. The van der Waals surface area contributed by atoms with Gasteiger partial charge in [-0.15, -0.1) is 0 Å². The van der Waals surface area contributed by atoms with Gasteiger partial charge in [0.25, 0.3) is 0 Å². The zero-order valence-electron chi connectivity index (χ0n) is 14.8. The second-order valence-electron chi connectivity index (χ2n) is 6.74. The zero-order chi connectivity index (χ0) is 18.8. The summed E-state index contributed by atoms with van der Waals surface area (Å²) in [5, 5.41) is 9.32. The molecule has 9 nitrogen and oxygen atoms in total. The molecule has 0 saturated carbocycles. The molecule has 1 rings (SSSR count). The van der Waals surface area contributed by atoms with Crippen LogP contribution in [0.4, 0.5) is 4.79 Å². The second kappa shape index (κ2) is 7.66. The lowest BCUT2D eigenvalue weighted by Crippen LogP contribution is -2.55. The highest BCUT2D eigenvalue weighted by Gasteiger charge is 2.47. The summed E-state index contributed by atoms with van der Waals surface area (Å²) in [7, 11) is -3.48. The molecule has 0 radical (unpaired) electrons. The number of nitrogens with zero attached hydrogens (tertiary/aromatic N) is 2. The van der Waals surface area contributed by atoms with E-state index >= 15 is 0 Å². The maximum atomic E-state index is 12.9. The molecule has 1 aliphatic heterocycles. The smallest absolute Gasteiger partial charge is 0.320 e. The van der Waals surface area contributed by atoms with Crippen molar-refractivity contribution in [3.8, 4) is 0 Å². The van der Waals surface area contributed by atoms with Crippen LogP contribution in [0.15, 0.2) is 0 Å². The minimum atomic E-state index is -3.48. The Kier molecular flexibility index (Phi) is 6.59. The lowest BCUT2D eigenvalue weighted by Gasteiger charge is -2.37. The van der Waals surface area contributed by atoms with Gasteiger partial charge < -0.3 is 20.6 Å². The molecule has 3 atom stereocenters. The van der Waals surface area contributed by atoms with Crippen molar-refractivity contribution >= 4 is 22.0 Å². The van der Waals surface area contributed by atoms with Gasteiger partial charge in [-0.1, -0.05) is 0 Å². The molecular weight excluding hydrogens is 336 g/mol. The van der Waals surface area contributed by atoms with Gasteiger partial charge in [-0.2, -0.15) is 0 Å². The molecule has 10 heteroatoms. The number of carboxylic acid groups (broad SMARTS) is 1. The molecule has 0 aromatic carbocycles. The van der Waals surface area contributed by atoms with Crippen LogP contribution in [0.1, 0.15) is 27.7 Å². The number of nitrogens with two attached hydrogens (primary N) is 1. The van der Waals surface area contributed by atoms with Gasteiger partial charge in [0, 0.05) is 31.2 Å². The minimum Gasteiger partial charge on any atom is -0.481 e. The van der Waals surface area contributed by atoms with Crippen molar-refractivity contribution in [2.75, 3.05) is 19.3 Å². The molecule has 24 heavy (non-hydrogen) atoms. The second-order valence-corrected chi connectivity index (χ2v) is 8.57. The van der Waals surface area contributed by atoms with Gasteiger partial charge in [0.15, 0.2) is 0 Å². The molecule has 0 unspecified atom stereocenters. The molecule has 4 N–H and O–H groups in total. The number of carbonyl (C=O) groups excluding carboxylic acids is 1. The lowest BCUT2D eigenvalue weighted by molar-refractivity contribution is -0.141. The Hall–Kier alpha value is -1.39. The van der Waals surface area contributed by atoms with E-state index in [1.54, 1.807) is 4.90 Å². The molecule has 1 saturated heterocycles. The maximum Gasteiger partial charge on any atom is 0.320 e. The number of likely N-dealkylation sites (tertiary alicyclic amines) is 1. The fourth-order valence-electron chi connectivity index (χ4n) is 3.08. The summed E-state index contributed by atoms with van der Waals surface area (Å²) in [5.74, 6) is -2.02. The molecule has 0 aromatic heterocycles. The normalized spacial score (nSPS) is 24.7. The van der Waals surface area contributed by atoms with Crippen LogP contribution in [-0.2, 0) is 14.8 Å². The van der Waals surface area contributed by atoms with E-state index in [1.807, 2.05) is 27.7 Å². The Morgan fingerprint density at radius 1 is 1.29 bits per heavy atom. The number of hydrogen-bond donors (Lipinski definition) is 3.